The molecule has 1 aliphatic carbocycles. The highest BCUT2D eigenvalue weighted by Crippen LogP contribution is 2.43. The molecule has 1 aromatic carbocycles. The summed E-state index contributed by atoms with van der Waals surface area (Å²) in [5.74, 6) is -0.135. The van der Waals surface area contributed by atoms with E-state index in [0.717, 1.165) is 100 Å². The standard InChI is InChI=1S/C49H70N8O5/c1-6-56-41-16-15-34-25-37(41)38(44(56)36-13-9-19-51-42(36)32(2)3)27-48(4,5)31-62-47(60)39-14-10-21-57(53-39)46(59)40(26-35-28-54(34)23-24-61-35)52-45(58)43(33-11-7-8-12-33)55-22-18-49(30-55)17-20-50-29-49/h9,13,15-16,19,25,32-33,35,39-40,43,50,53H,6-8,10-12,14,17-18,20-24,26-31H2,1-5H3,(H,52,58)/t35-,39-,40-,43-,49-/m0/s1. The monoisotopic (exact) mass is 851 g/mol. The SMILES string of the molecule is CCn1c(-c2cccnc2C(C)C)c2c3cc(ccc31)N1CCO[C@@H](C[C@H](NC(=O)[C@H](C3CCCC3)N3CC[C@]4(CCNC4)C3)C(=O)N3CCC[C@H](N3)C(=O)OCC(C)(C)C2)C1. The highest BCUT2D eigenvalue weighted by Gasteiger charge is 2.47. The number of carbonyl (C=O) groups is 3. The Morgan fingerprint density at radius 1 is 1.05 bits per heavy atom. The molecule has 336 valence electrons. The van der Waals surface area contributed by atoms with E-state index < -0.39 is 17.5 Å². The Labute approximate surface area is 368 Å². The lowest BCUT2D eigenvalue weighted by molar-refractivity contribution is -0.156. The second-order valence-corrected chi connectivity index (χ2v) is 20.5. The Bertz CT molecular complexity index is 2120. The molecule has 13 nitrogen and oxygen atoms in total. The van der Waals surface area contributed by atoms with E-state index >= 15 is 0 Å². The van der Waals surface area contributed by atoms with Gasteiger partial charge in [-0.15, -0.1) is 0 Å². The van der Waals surface area contributed by atoms with Crippen molar-refractivity contribution in [3.63, 3.8) is 0 Å². The molecular formula is C49H70N8O5. The van der Waals surface area contributed by atoms with E-state index in [-0.39, 0.29) is 53.8 Å². The summed E-state index contributed by atoms with van der Waals surface area (Å²) < 4.78 is 15.1. The molecule has 6 aliphatic rings. The molecule has 5 fully saturated rings. The Hall–Kier alpha value is -4.04. The lowest BCUT2D eigenvalue weighted by Gasteiger charge is -2.39. The van der Waals surface area contributed by atoms with Crippen molar-refractivity contribution in [2.75, 3.05) is 63.9 Å². The minimum Gasteiger partial charge on any atom is -0.464 e. The van der Waals surface area contributed by atoms with Gasteiger partial charge in [-0.25, -0.2) is 5.43 Å². The van der Waals surface area contributed by atoms with Crippen molar-refractivity contribution in [2.45, 2.75) is 136 Å². The van der Waals surface area contributed by atoms with Crippen LogP contribution in [0.1, 0.15) is 110 Å². The maximum absolute atomic E-state index is 14.9. The summed E-state index contributed by atoms with van der Waals surface area (Å²) in [5, 5.41) is 9.70. The molecule has 2 aromatic heterocycles. The van der Waals surface area contributed by atoms with Crippen LogP contribution < -0.4 is 21.0 Å². The molecular weight excluding hydrogens is 781 g/mol. The van der Waals surface area contributed by atoms with Crippen LogP contribution in [0.25, 0.3) is 22.2 Å². The van der Waals surface area contributed by atoms with Crippen molar-refractivity contribution in [2.24, 2.45) is 16.7 Å². The third-order valence-electron chi connectivity index (χ3n) is 15.0. The van der Waals surface area contributed by atoms with E-state index in [1.165, 1.54) is 16.6 Å². The van der Waals surface area contributed by atoms with Crippen LogP contribution in [-0.4, -0.2) is 121 Å². The number of rotatable bonds is 7. The van der Waals surface area contributed by atoms with Gasteiger partial charge in [0.15, 0.2) is 0 Å². The number of ether oxygens (including phenoxy) is 2. The van der Waals surface area contributed by atoms with Gasteiger partial charge in [0.1, 0.15) is 12.1 Å². The molecule has 9 rings (SSSR count). The molecule has 0 radical (unpaired) electrons. The fraction of sp³-hybridized carbons (Fsp3) is 0.673. The molecule has 4 saturated heterocycles. The number of cyclic esters (lactones) is 1. The highest BCUT2D eigenvalue weighted by molar-refractivity contribution is 5.95. The first-order chi connectivity index (χ1) is 29.9. The fourth-order valence-electron chi connectivity index (χ4n) is 11.8. The van der Waals surface area contributed by atoms with Crippen molar-refractivity contribution in [1.29, 1.82) is 0 Å². The van der Waals surface area contributed by atoms with Crippen LogP contribution in [-0.2, 0) is 36.8 Å². The molecule has 13 heteroatoms. The van der Waals surface area contributed by atoms with Gasteiger partial charge in [-0.05, 0) is 118 Å². The first kappa shape index (κ1) is 43.2. The molecule has 1 spiro atoms. The van der Waals surface area contributed by atoms with Gasteiger partial charge in [-0.3, -0.25) is 29.3 Å². The van der Waals surface area contributed by atoms with Gasteiger partial charge in [-0.2, -0.15) is 0 Å². The van der Waals surface area contributed by atoms with Crippen molar-refractivity contribution in [1.82, 2.24) is 35.5 Å². The van der Waals surface area contributed by atoms with Crippen LogP contribution in [0.5, 0.6) is 0 Å². The van der Waals surface area contributed by atoms with Crippen molar-refractivity contribution in [3.8, 4) is 11.3 Å². The minimum atomic E-state index is -0.828. The summed E-state index contributed by atoms with van der Waals surface area (Å²) in [7, 11) is 0. The first-order valence-electron chi connectivity index (χ1n) is 23.9. The molecule has 3 N–H and O–H groups in total. The molecule has 62 heavy (non-hydrogen) atoms. The van der Waals surface area contributed by atoms with Crippen LogP contribution in [0.4, 0.5) is 5.69 Å². The Balaban J connectivity index is 1.07. The highest BCUT2D eigenvalue weighted by atomic mass is 16.5. The molecule has 3 aromatic rings. The van der Waals surface area contributed by atoms with E-state index in [0.29, 0.717) is 45.4 Å². The number of aryl methyl sites for hydroxylation is 1. The first-order valence-corrected chi connectivity index (χ1v) is 23.9. The van der Waals surface area contributed by atoms with Crippen molar-refractivity contribution in [3.05, 3.63) is 47.8 Å². The minimum absolute atomic E-state index is 0.0493. The number of fused-ring (bicyclic) bond motifs is 6. The molecule has 0 unspecified atom stereocenters. The van der Waals surface area contributed by atoms with Gasteiger partial charge >= 0.3 is 5.97 Å². The summed E-state index contributed by atoms with van der Waals surface area (Å²) >= 11 is 0. The van der Waals surface area contributed by atoms with Crippen molar-refractivity contribution < 1.29 is 23.9 Å². The largest absolute Gasteiger partial charge is 0.464 e. The zero-order valence-corrected chi connectivity index (χ0v) is 37.8. The van der Waals surface area contributed by atoms with Gasteiger partial charge in [0.25, 0.3) is 5.91 Å². The Kier molecular flexibility index (Phi) is 12.4. The Morgan fingerprint density at radius 2 is 1.89 bits per heavy atom. The number of anilines is 1. The maximum Gasteiger partial charge on any atom is 0.324 e. The van der Waals surface area contributed by atoms with Crippen LogP contribution >= 0.6 is 0 Å². The number of amides is 2. The number of carbonyl (C=O) groups excluding carboxylic acids is 3. The molecule has 2 amide bonds. The van der Waals surface area contributed by atoms with Crippen LogP contribution in [0.3, 0.4) is 0 Å². The average molecular weight is 851 g/mol. The van der Waals surface area contributed by atoms with Gasteiger partial charge in [0.05, 0.1) is 36.7 Å². The number of hydrogen-bond acceptors (Lipinski definition) is 10. The van der Waals surface area contributed by atoms with E-state index in [9.17, 15) is 14.4 Å². The predicted octanol–water partition coefficient (Wildman–Crippen LogP) is 5.79. The summed E-state index contributed by atoms with van der Waals surface area (Å²) in [6.07, 6.45) is 10.4. The van der Waals surface area contributed by atoms with Gasteiger partial charge in [-0.1, -0.05) is 40.5 Å². The second-order valence-electron chi connectivity index (χ2n) is 20.5. The average Bonchev–Trinajstić information content (AvgIpc) is 4.11. The zero-order valence-electron chi connectivity index (χ0n) is 37.8. The van der Waals surface area contributed by atoms with Crippen LogP contribution in [0.2, 0.25) is 0 Å². The quantitative estimate of drug-likeness (QED) is 0.251. The summed E-state index contributed by atoms with van der Waals surface area (Å²) in [6.45, 7) is 18.1. The lowest BCUT2D eigenvalue weighted by Crippen LogP contribution is -2.62. The molecule has 7 heterocycles. The topological polar surface area (TPSA) is 133 Å². The van der Waals surface area contributed by atoms with E-state index in [2.05, 4.69) is 89.3 Å². The number of aromatic nitrogens is 2. The number of morpholine rings is 1. The third kappa shape index (κ3) is 8.63. The number of nitrogens with one attached hydrogen (secondary N) is 3. The molecule has 5 aliphatic heterocycles. The third-order valence-corrected chi connectivity index (χ3v) is 15.0. The maximum atomic E-state index is 14.9. The number of pyridine rings is 1. The Morgan fingerprint density at radius 3 is 2.66 bits per heavy atom. The number of hydrazine groups is 1. The normalized spacial score (nSPS) is 28.2. The van der Waals surface area contributed by atoms with E-state index in [4.69, 9.17) is 14.5 Å². The van der Waals surface area contributed by atoms with E-state index in [1.54, 1.807) is 5.01 Å². The smallest absolute Gasteiger partial charge is 0.324 e. The second kappa shape index (κ2) is 17.9. The molecule has 6 bridgehead atoms. The van der Waals surface area contributed by atoms with E-state index in [1.807, 2.05) is 12.3 Å². The van der Waals surface area contributed by atoms with Crippen molar-refractivity contribution >= 4 is 34.4 Å². The van der Waals surface area contributed by atoms with Gasteiger partial charge < -0.3 is 29.6 Å². The summed E-state index contributed by atoms with van der Waals surface area (Å²) in [6, 6.07) is 9.27. The zero-order chi connectivity index (χ0) is 43.2. The van der Waals surface area contributed by atoms with Crippen LogP contribution in [0, 0.1) is 16.7 Å². The summed E-state index contributed by atoms with van der Waals surface area (Å²) in [5.41, 5.74) is 9.95. The van der Waals surface area contributed by atoms with Crippen LogP contribution in [0.15, 0.2) is 36.5 Å². The molecule has 5 atom stereocenters. The predicted molar refractivity (Wildman–Crippen MR) is 242 cm³/mol. The molecule has 1 saturated carbocycles. The summed E-state index contributed by atoms with van der Waals surface area (Å²) in [4.78, 5) is 53.3. The number of benzene rings is 1. The number of likely N-dealkylation sites (tertiary alicyclic amines) is 1. The van der Waals surface area contributed by atoms with Gasteiger partial charge in [0.2, 0.25) is 5.91 Å². The number of nitrogens with zero attached hydrogens (tertiary/aromatic N) is 5. The number of hydrogen-bond donors (Lipinski definition) is 3. The fourth-order valence-corrected chi connectivity index (χ4v) is 11.8. The lowest BCUT2D eigenvalue weighted by atomic mass is 9.84. The van der Waals surface area contributed by atoms with Gasteiger partial charge in [0, 0.05) is 79.5 Å². The number of esters is 1.